The molecule has 33 heavy (non-hydrogen) atoms. The number of carbonyl (C=O) groups is 3. The van der Waals surface area contributed by atoms with Crippen LogP contribution in [-0.4, -0.2) is 52.6 Å². The van der Waals surface area contributed by atoms with Gasteiger partial charge in [0.25, 0.3) is 5.91 Å². The molecule has 1 fully saturated rings. The van der Waals surface area contributed by atoms with Gasteiger partial charge in [0.05, 0.1) is 16.7 Å². The number of hydrogen-bond acceptors (Lipinski definition) is 7. The SMILES string of the molecule is CC(C)OC(=O)c1ccc(NC(=O)c2csc(C3CCN(C(=O)OC(C)(C)C)CC3)n2)cc1. The molecule has 1 aliphatic rings. The zero-order valence-corrected chi connectivity index (χ0v) is 20.5. The fourth-order valence-electron chi connectivity index (χ4n) is 3.38. The molecule has 0 bridgehead atoms. The molecule has 1 aliphatic heterocycles. The number of amides is 2. The molecule has 0 aliphatic carbocycles. The second-order valence-corrected chi connectivity index (χ2v) is 10.2. The van der Waals surface area contributed by atoms with Gasteiger partial charge in [-0.25, -0.2) is 14.6 Å². The second-order valence-electron chi connectivity index (χ2n) is 9.30. The van der Waals surface area contributed by atoms with Crippen molar-refractivity contribution in [3.05, 3.63) is 45.9 Å². The first-order chi connectivity index (χ1) is 15.5. The van der Waals surface area contributed by atoms with Gasteiger partial charge in [0.1, 0.15) is 11.3 Å². The quantitative estimate of drug-likeness (QED) is 0.609. The average Bonchev–Trinajstić information content (AvgIpc) is 3.23. The van der Waals surface area contributed by atoms with Gasteiger partial charge < -0.3 is 19.7 Å². The van der Waals surface area contributed by atoms with Gasteiger partial charge in [-0.05, 0) is 71.7 Å². The number of thiazole rings is 1. The number of carbonyl (C=O) groups excluding carboxylic acids is 3. The summed E-state index contributed by atoms with van der Waals surface area (Å²) in [5.74, 6) is -0.493. The van der Waals surface area contributed by atoms with Crippen LogP contribution in [0, 0.1) is 0 Å². The molecular formula is C24H31N3O5S. The van der Waals surface area contributed by atoms with Crippen molar-refractivity contribution < 1.29 is 23.9 Å². The van der Waals surface area contributed by atoms with E-state index >= 15 is 0 Å². The Morgan fingerprint density at radius 1 is 1.12 bits per heavy atom. The standard InChI is InChI=1S/C24H31N3O5S/c1-15(2)31-22(29)17-6-8-18(9-7-17)25-20(28)19-14-33-21(26-19)16-10-12-27(13-11-16)23(30)32-24(3,4)5/h6-9,14-16H,10-13H2,1-5H3,(H,25,28). The Balaban J connectivity index is 1.53. The summed E-state index contributed by atoms with van der Waals surface area (Å²) in [5, 5.41) is 5.46. The molecule has 1 aromatic heterocycles. The van der Waals surface area contributed by atoms with Crippen molar-refractivity contribution >= 4 is 35.0 Å². The number of aromatic nitrogens is 1. The molecule has 2 aromatic rings. The Morgan fingerprint density at radius 3 is 2.33 bits per heavy atom. The van der Waals surface area contributed by atoms with Crippen LogP contribution in [0.4, 0.5) is 10.5 Å². The molecule has 1 saturated heterocycles. The van der Waals surface area contributed by atoms with E-state index in [1.165, 1.54) is 11.3 Å². The first kappa shape index (κ1) is 24.7. The Kier molecular flexibility index (Phi) is 7.73. The van der Waals surface area contributed by atoms with E-state index in [0.29, 0.717) is 30.0 Å². The number of rotatable bonds is 5. The molecule has 2 amide bonds. The van der Waals surface area contributed by atoms with Crippen molar-refractivity contribution in [1.29, 1.82) is 0 Å². The van der Waals surface area contributed by atoms with E-state index in [-0.39, 0.29) is 24.0 Å². The Morgan fingerprint density at radius 2 is 1.76 bits per heavy atom. The molecule has 0 spiro atoms. The summed E-state index contributed by atoms with van der Waals surface area (Å²) in [6, 6.07) is 6.56. The van der Waals surface area contributed by atoms with E-state index in [0.717, 1.165) is 17.8 Å². The normalized spacial score (nSPS) is 14.8. The van der Waals surface area contributed by atoms with Gasteiger partial charge >= 0.3 is 12.1 Å². The Bertz CT molecular complexity index is 986. The van der Waals surface area contributed by atoms with E-state index < -0.39 is 11.6 Å². The third kappa shape index (κ3) is 7.02. The number of nitrogens with one attached hydrogen (secondary N) is 1. The lowest BCUT2D eigenvalue weighted by Crippen LogP contribution is -2.41. The highest BCUT2D eigenvalue weighted by molar-refractivity contribution is 7.10. The van der Waals surface area contributed by atoms with Crippen LogP contribution in [0.1, 0.15) is 79.2 Å². The van der Waals surface area contributed by atoms with Gasteiger partial charge in [0.15, 0.2) is 0 Å². The van der Waals surface area contributed by atoms with Crippen molar-refractivity contribution in [2.24, 2.45) is 0 Å². The zero-order valence-electron chi connectivity index (χ0n) is 19.7. The zero-order chi connectivity index (χ0) is 24.2. The number of ether oxygens (including phenoxy) is 2. The lowest BCUT2D eigenvalue weighted by atomic mass is 9.98. The molecule has 0 saturated carbocycles. The minimum Gasteiger partial charge on any atom is -0.459 e. The number of hydrogen-bond donors (Lipinski definition) is 1. The topological polar surface area (TPSA) is 97.8 Å². The summed E-state index contributed by atoms with van der Waals surface area (Å²) in [5.41, 5.74) is 0.841. The van der Waals surface area contributed by atoms with Crippen molar-refractivity contribution in [3.63, 3.8) is 0 Å². The van der Waals surface area contributed by atoms with Crippen molar-refractivity contribution in [2.75, 3.05) is 18.4 Å². The summed E-state index contributed by atoms with van der Waals surface area (Å²) in [6.45, 7) is 10.4. The number of benzene rings is 1. The van der Waals surface area contributed by atoms with E-state index in [9.17, 15) is 14.4 Å². The van der Waals surface area contributed by atoms with Crippen molar-refractivity contribution in [3.8, 4) is 0 Å². The maximum Gasteiger partial charge on any atom is 0.410 e. The lowest BCUT2D eigenvalue weighted by Gasteiger charge is -2.32. The van der Waals surface area contributed by atoms with Crippen LogP contribution < -0.4 is 5.32 Å². The molecule has 9 heteroatoms. The highest BCUT2D eigenvalue weighted by Gasteiger charge is 2.29. The number of piperidine rings is 1. The molecule has 0 unspecified atom stereocenters. The van der Waals surface area contributed by atoms with Crippen molar-refractivity contribution in [2.45, 2.75) is 65.1 Å². The molecule has 3 rings (SSSR count). The van der Waals surface area contributed by atoms with Gasteiger partial charge in [0, 0.05) is 30.1 Å². The minimum atomic E-state index is -0.511. The van der Waals surface area contributed by atoms with Gasteiger partial charge in [0.2, 0.25) is 0 Å². The summed E-state index contributed by atoms with van der Waals surface area (Å²) in [6.07, 6.45) is 1.08. The summed E-state index contributed by atoms with van der Waals surface area (Å²) >= 11 is 1.46. The third-order valence-electron chi connectivity index (χ3n) is 4.97. The Hall–Kier alpha value is -2.94. The fraction of sp³-hybridized carbons (Fsp3) is 0.500. The van der Waals surface area contributed by atoms with Crippen LogP contribution in [0.5, 0.6) is 0 Å². The van der Waals surface area contributed by atoms with Crippen LogP contribution in [-0.2, 0) is 9.47 Å². The van der Waals surface area contributed by atoms with Crippen LogP contribution in [0.15, 0.2) is 29.6 Å². The first-order valence-electron chi connectivity index (χ1n) is 11.1. The Labute approximate surface area is 198 Å². The largest absolute Gasteiger partial charge is 0.459 e. The van der Waals surface area contributed by atoms with Gasteiger partial charge in [-0.3, -0.25) is 4.79 Å². The molecule has 178 valence electrons. The molecule has 8 nitrogen and oxygen atoms in total. The highest BCUT2D eigenvalue weighted by Crippen LogP contribution is 2.31. The van der Waals surface area contributed by atoms with Crippen LogP contribution >= 0.6 is 11.3 Å². The molecule has 1 aromatic carbocycles. The number of nitrogens with zero attached hydrogens (tertiary/aromatic N) is 2. The first-order valence-corrected chi connectivity index (χ1v) is 12.0. The molecule has 0 radical (unpaired) electrons. The lowest BCUT2D eigenvalue weighted by molar-refractivity contribution is 0.0204. The molecule has 2 heterocycles. The maximum absolute atomic E-state index is 12.6. The van der Waals surface area contributed by atoms with Crippen molar-refractivity contribution in [1.82, 2.24) is 9.88 Å². The van der Waals surface area contributed by atoms with Crippen LogP contribution in [0.2, 0.25) is 0 Å². The van der Waals surface area contributed by atoms with E-state index in [1.807, 2.05) is 20.8 Å². The molecule has 1 N–H and O–H groups in total. The number of likely N-dealkylation sites (tertiary alicyclic amines) is 1. The van der Waals surface area contributed by atoms with Crippen LogP contribution in [0.3, 0.4) is 0 Å². The third-order valence-corrected chi connectivity index (χ3v) is 5.98. The highest BCUT2D eigenvalue weighted by atomic mass is 32.1. The maximum atomic E-state index is 12.6. The summed E-state index contributed by atoms with van der Waals surface area (Å²) in [4.78, 5) is 43.1. The van der Waals surface area contributed by atoms with Crippen LogP contribution in [0.25, 0.3) is 0 Å². The summed E-state index contributed by atoms with van der Waals surface area (Å²) in [7, 11) is 0. The van der Waals surface area contributed by atoms with E-state index in [1.54, 1.807) is 48.4 Å². The second kappa shape index (κ2) is 10.3. The monoisotopic (exact) mass is 473 g/mol. The average molecular weight is 474 g/mol. The smallest absolute Gasteiger partial charge is 0.410 e. The van der Waals surface area contributed by atoms with E-state index in [2.05, 4.69) is 10.3 Å². The predicted molar refractivity (Wildman–Crippen MR) is 127 cm³/mol. The molecular weight excluding hydrogens is 442 g/mol. The van der Waals surface area contributed by atoms with Gasteiger partial charge in [-0.1, -0.05) is 0 Å². The molecule has 0 atom stereocenters. The predicted octanol–water partition coefficient (Wildman–Crippen LogP) is 5.08. The van der Waals surface area contributed by atoms with Gasteiger partial charge in [-0.2, -0.15) is 0 Å². The minimum absolute atomic E-state index is 0.194. The number of anilines is 1. The summed E-state index contributed by atoms with van der Waals surface area (Å²) < 4.78 is 10.6. The van der Waals surface area contributed by atoms with Gasteiger partial charge in [-0.15, -0.1) is 11.3 Å². The fourth-order valence-corrected chi connectivity index (χ4v) is 4.35. The number of esters is 1. The van der Waals surface area contributed by atoms with E-state index in [4.69, 9.17) is 9.47 Å².